The Morgan fingerprint density at radius 1 is 0.889 bits per heavy atom. The van der Waals surface area contributed by atoms with Crippen LogP contribution in [0.4, 0.5) is 5.69 Å². The molecule has 188 valence electrons. The molecule has 0 radical (unpaired) electrons. The van der Waals surface area contributed by atoms with Crippen molar-refractivity contribution < 1.29 is 23.8 Å². The predicted molar refractivity (Wildman–Crippen MR) is 141 cm³/mol. The first-order valence-electron chi connectivity index (χ1n) is 11.9. The number of methoxy groups -OCH3 is 2. The molecule has 1 unspecified atom stereocenters. The normalized spacial score (nSPS) is 15.2. The Hall–Kier alpha value is -3.19. The van der Waals surface area contributed by atoms with Crippen LogP contribution in [0.15, 0.2) is 60.7 Å². The predicted octanol–water partition coefficient (Wildman–Crippen LogP) is 6.29. The highest BCUT2D eigenvalue weighted by Crippen LogP contribution is 2.32. The summed E-state index contributed by atoms with van der Waals surface area (Å²) >= 11 is 6.38. The quantitative estimate of drug-likeness (QED) is 0.264. The summed E-state index contributed by atoms with van der Waals surface area (Å²) in [5.41, 5.74) is 4.94. The van der Waals surface area contributed by atoms with Crippen molar-refractivity contribution in [3.05, 3.63) is 87.9 Å². The highest BCUT2D eigenvalue weighted by atomic mass is 35.5. The van der Waals surface area contributed by atoms with E-state index in [0.29, 0.717) is 23.2 Å². The minimum absolute atomic E-state index is 0.255. The van der Waals surface area contributed by atoms with E-state index in [9.17, 15) is 9.59 Å². The van der Waals surface area contributed by atoms with Gasteiger partial charge in [-0.2, -0.15) is 0 Å². The Kier molecular flexibility index (Phi) is 8.41. The minimum Gasteiger partial charge on any atom is -0.386 e. The van der Waals surface area contributed by atoms with Gasteiger partial charge in [-0.3, -0.25) is 0 Å². The zero-order chi connectivity index (χ0) is 25.7. The Bertz CT molecular complexity index is 1260. The van der Waals surface area contributed by atoms with Crippen LogP contribution in [0.5, 0.6) is 0 Å². The molecule has 1 heterocycles. The van der Waals surface area contributed by atoms with E-state index in [2.05, 4.69) is 11.8 Å². The molecule has 1 aliphatic rings. The van der Waals surface area contributed by atoms with Crippen LogP contribution >= 0.6 is 11.6 Å². The zero-order valence-electron chi connectivity index (χ0n) is 20.8. The lowest BCUT2D eigenvalue weighted by Gasteiger charge is -2.26. The number of nitrogens with zero attached hydrogens (tertiary/aromatic N) is 1. The van der Waals surface area contributed by atoms with Crippen LogP contribution in [0.1, 0.15) is 51.6 Å². The van der Waals surface area contributed by atoms with Gasteiger partial charge in [0.25, 0.3) is 0 Å². The van der Waals surface area contributed by atoms with Crippen molar-refractivity contribution in [1.29, 1.82) is 0 Å². The first-order valence-corrected chi connectivity index (χ1v) is 12.3. The standard InChI is InChI=1S/C29H30ClNO5/c1-19-7-6-14-31(19)27-13-11-21(16-23(27)18-35-3)29(33)36-28(32)20-10-12-24(22(15-20)17-34-2)25-8-4-5-9-26(25)30/h4-5,8-13,15-16,19H,6-7,14,17-18H2,1-3H3. The summed E-state index contributed by atoms with van der Waals surface area (Å²) < 4.78 is 16.0. The van der Waals surface area contributed by atoms with E-state index in [1.807, 2.05) is 30.3 Å². The Morgan fingerprint density at radius 3 is 2.17 bits per heavy atom. The van der Waals surface area contributed by atoms with E-state index in [4.69, 9.17) is 25.8 Å². The molecular weight excluding hydrogens is 478 g/mol. The number of carbonyl (C=O) groups is 2. The maximum absolute atomic E-state index is 12.9. The lowest BCUT2D eigenvalue weighted by atomic mass is 9.97. The lowest BCUT2D eigenvalue weighted by molar-refractivity contribution is 0.0397. The van der Waals surface area contributed by atoms with Crippen LogP contribution < -0.4 is 4.90 Å². The van der Waals surface area contributed by atoms with Gasteiger partial charge in [-0.25, -0.2) is 9.59 Å². The lowest BCUT2D eigenvalue weighted by Crippen LogP contribution is -2.27. The van der Waals surface area contributed by atoms with Gasteiger partial charge >= 0.3 is 11.9 Å². The van der Waals surface area contributed by atoms with Crippen LogP contribution in [-0.2, 0) is 27.4 Å². The molecular formula is C29H30ClNO5. The van der Waals surface area contributed by atoms with Crippen LogP contribution in [0, 0.1) is 0 Å². The number of esters is 2. The van der Waals surface area contributed by atoms with Crippen LogP contribution in [0.25, 0.3) is 11.1 Å². The van der Waals surface area contributed by atoms with Crippen LogP contribution in [0.2, 0.25) is 5.02 Å². The van der Waals surface area contributed by atoms with Gasteiger partial charge in [0.15, 0.2) is 0 Å². The average Bonchev–Trinajstić information content (AvgIpc) is 3.30. The summed E-state index contributed by atoms with van der Waals surface area (Å²) in [4.78, 5) is 28.1. The third-order valence-corrected chi connectivity index (χ3v) is 6.80. The molecule has 0 N–H and O–H groups in total. The van der Waals surface area contributed by atoms with Gasteiger partial charge in [0.1, 0.15) is 0 Å². The van der Waals surface area contributed by atoms with Crippen LogP contribution in [-0.4, -0.2) is 38.7 Å². The van der Waals surface area contributed by atoms with E-state index >= 15 is 0 Å². The molecule has 0 spiro atoms. The van der Waals surface area contributed by atoms with Crippen molar-refractivity contribution in [3.63, 3.8) is 0 Å². The van der Waals surface area contributed by atoms with Gasteiger partial charge in [0.2, 0.25) is 0 Å². The Labute approximate surface area is 216 Å². The number of anilines is 1. The number of rotatable bonds is 8. The molecule has 1 atom stereocenters. The fourth-order valence-electron chi connectivity index (χ4n) is 4.69. The number of halogens is 1. The van der Waals surface area contributed by atoms with Gasteiger partial charge in [0.05, 0.1) is 24.3 Å². The number of hydrogen-bond acceptors (Lipinski definition) is 6. The van der Waals surface area contributed by atoms with Crippen molar-refractivity contribution in [1.82, 2.24) is 0 Å². The van der Waals surface area contributed by atoms with Crippen molar-refractivity contribution in [3.8, 4) is 11.1 Å². The highest BCUT2D eigenvalue weighted by molar-refractivity contribution is 6.33. The van der Waals surface area contributed by atoms with E-state index in [1.54, 1.807) is 44.6 Å². The van der Waals surface area contributed by atoms with Gasteiger partial charge < -0.3 is 19.1 Å². The summed E-state index contributed by atoms with van der Waals surface area (Å²) in [5, 5.41) is 0.596. The number of ether oxygens (including phenoxy) is 3. The molecule has 7 heteroatoms. The molecule has 0 aromatic heterocycles. The van der Waals surface area contributed by atoms with Crippen molar-refractivity contribution in [2.45, 2.75) is 39.0 Å². The number of benzene rings is 3. The highest BCUT2D eigenvalue weighted by Gasteiger charge is 2.24. The van der Waals surface area contributed by atoms with E-state index in [1.165, 1.54) is 0 Å². The van der Waals surface area contributed by atoms with Gasteiger partial charge in [0, 0.05) is 48.6 Å². The molecule has 1 saturated heterocycles. The van der Waals surface area contributed by atoms with Crippen molar-refractivity contribution >= 4 is 29.2 Å². The molecule has 0 saturated carbocycles. The zero-order valence-corrected chi connectivity index (χ0v) is 21.5. The Morgan fingerprint density at radius 2 is 1.53 bits per heavy atom. The van der Waals surface area contributed by atoms with E-state index in [-0.39, 0.29) is 12.2 Å². The molecule has 6 nitrogen and oxygen atoms in total. The second kappa shape index (κ2) is 11.7. The van der Waals surface area contributed by atoms with E-state index in [0.717, 1.165) is 47.3 Å². The number of hydrogen-bond donors (Lipinski definition) is 0. The summed E-state index contributed by atoms with van der Waals surface area (Å²) in [5.74, 6) is -1.43. The van der Waals surface area contributed by atoms with Gasteiger partial charge in [-0.1, -0.05) is 35.9 Å². The summed E-state index contributed by atoms with van der Waals surface area (Å²) in [6.07, 6.45) is 2.26. The topological polar surface area (TPSA) is 65.1 Å². The monoisotopic (exact) mass is 507 g/mol. The third-order valence-electron chi connectivity index (χ3n) is 6.47. The molecule has 3 aromatic rings. The van der Waals surface area contributed by atoms with E-state index < -0.39 is 11.9 Å². The largest absolute Gasteiger partial charge is 0.386 e. The molecule has 0 aliphatic carbocycles. The Balaban J connectivity index is 1.56. The minimum atomic E-state index is -0.728. The molecule has 1 fully saturated rings. The van der Waals surface area contributed by atoms with Gasteiger partial charge in [-0.05, 0) is 67.3 Å². The second-order valence-corrected chi connectivity index (χ2v) is 9.33. The summed E-state index contributed by atoms with van der Waals surface area (Å²) in [6.45, 7) is 3.79. The first kappa shape index (κ1) is 25.9. The van der Waals surface area contributed by atoms with Crippen molar-refractivity contribution in [2.75, 3.05) is 25.7 Å². The van der Waals surface area contributed by atoms with Crippen molar-refractivity contribution in [2.24, 2.45) is 0 Å². The molecule has 0 amide bonds. The summed E-state index contributed by atoms with van der Waals surface area (Å²) in [6, 6.07) is 18.3. The summed E-state index contributed by atoms with van der Waals surface area (Å²) in [7, 11) is 3.20. The first-order chi connectivity index (χ1) is 17.4. The fourth-order valence-corrected chi connectivity index (χ4v) is 4.93. The smallest absolute Gasteiger partial charge is 0.346 e. The SMILES string of the molecule is COCc1cc(C(=O)OC(=O)c2ccc(N3CCCC3C)c(COC)c2)ccc1-c1ccccc1Cl. The fraction of sp³-hybridized carbons (Fsp3) is 0.310. The molecule has 4 rings (SSSR count). The number of carbonyl (C=O) groups excluding carboxylic acids is 2. The molecule has 36 heavy (non-hydrogen) atoms. The average molecular weight is 508 g/mol. The van der Waals surface area contributed by atoms with Gasteiger partial charge in [-0.15, -0.1) is 0 Å². The molecule has 1 aliphatic heterocycles. The van der Waals surface area contributed by atoms with Crippen LogP contribution in [0.3, 0.4) is 0 Å². The third kappa shape index (κ3) is 5.62. The molecule has 3 aromatic carbocycles. The molecule has 0 bridgehead atoms. The second-order valence-electron chi connectivity index (χ2n) is 8.92. The maximum Gasteiger partial charge on any atom is 0.346 e. The maximum atomic E-state index is 12.9.